The van der Waals surface area contributed by atoms with E-state index in [-0.39, 0.29) is 11.4 Å². The Labute approximate surface area is 124 Å². The molecule has 0 fully saturated rings. The third-order valence-corrected chi connectivity index (χ3v) is 4.89. The van der Waals surface area contributed by atoms with Crippen molar-refractivity contribution in [2.45, 2.75) is 40.7 Å². The summed E-state index contributed by atoms with van der Waals surface area (Å²) in [7, 11) is 0. The van der Waals surface area contributed by atoms with Gasteiger partial charge in [-0.15, -0.1) is 0 Å². The number of rotatable bonds is 8. The zero-order valence-corrected chi connectivity index (χ0v) is 14.0. The van der Waals surface area contributed by atoms with Crippen molar-refractivity contribution < 1.29 is 13.6 Å². The van der Waals surface area contributed by atoms with Gasteiger partial charge in [-0.25, -0.2) is 0 Å². The first-order valence-electron chi connectivity index (χ1n) is 6.69. The van der Waals surface area contributed by atoms with E-state index in [1.54, 1.807) is 4.57 Å². The molecule has 0 aliphatic rings. The van der Waals surface area contributed by atoms with Gasteiger partial charge in [0.05, 0.1) is 19.3 Å². The third kappa shape index (κ3) is 4.38. The Bertz CT molecular complexity index is 537. The molecule has 1 heterocycles. The minimum Gasteiger partial charge on any atom is -0.405 e. The van der Waals surface area contributed by atoms with Crippen LogP contribution in [0.4, 0.5) is 0 Å². The van der Waals surface area contributed by atoms with Crippen LogP contribution in [0.3, 0.4) is 0 Å². The van der Waals surface area contributed by atoms with Crippen molar-refractivity contribution >= 4 is 18.5 Å². The SMILES string of the molecule is CCOP(=S)(OCC)Oc1cc(=O)n(CC)c(CC)n1. The van der Waals surface area contributed by atoms with E-state index in [1.807, 2.05) is 27.7 Å². The molecule has 8 heteroatoms. The number of hydrogen-bond donors (Lipinski definition) is 0. The molecule has 6 nitrogen and oxygen atoms in total. The lowest BCUT2D eigenvalue weighted by atomic mass is 10.4. The van der Waals surface area contributed by atoms with E-state index in [4.69, 9.17) is 25.4 Å². The van der Waals surface area contributed by atoms with Gasteiger partial charge in [-0.1, -0.05) is 6.92 Å². The smallest absolute Gasteiger partial charge is 0.381 e. The van der Waals surface area contributed by atoms with E-state index in [0.29, 0.717) is 32.0 Å². The third-order valence-electron chi connectivity index (χ3n) is 2.48. The minimum atomic E-state index is -2.89. The van der Waals surface area contributed by atoms with Crippen molar-refractivity contribution in [2.24, 2.45) is 0 Å². The molecule has 0 bridgehead atoms. The molecular weight excluding hydrogens is 299 g/mol. The number of aryl methyl sites for hydroxylation is 1. The Kier molecular flexibility index (Phi) is 6.82. The van der Waals surface area contributed by atoms with Crippen LogP contribution in [0.1, 0.15) is 33.5 Å². The first kappa shape index (κ1) is 17.3. The van der Waals surface area contributed by atoms with Crippen molar-refractivity contribution in [3.63, 3.8) is 0 Å². The van der Waals surface area contributed by atoms with Gasteiger partial charge in [-0.3, -0.25) is 18.4 Å². The molecule has 1 rings (SSSR count). The molecule has 0 N–H and O–H groups in total. The second kappa shape index (κ2) is 7.88. The molecule has 0 saturated carbocycles. The maximum atomic E-state index is 12.0. The molecule has 0 aromatic carbocycles. The summed E-state index contributed by atoms with van der Waals surface area (Å²) < 4.78 is 17.9. The largest absolute Gasteiger partial charge is 0.405 e. The molecule has 114 valence electrons. The topological polar surface area (TPSA) is 62.6 Å². The molecule has 20 heavy (non-hydrogen) atoms. The average Bonchev–Trinajstić information content (AvgIpc) is 2.38. The molecule has 1 aromatic rings. The fraction of sp³-hybridized carbons (Fsp3) is 0.667. The zero-order valence-electron chi connectivity index (χ0n) is 12.3. The average molecular weight is 320 g/mol. The number of nitrogens with zero attached hydrogens (tertiary/aromatic N) is 2. The maximum absolute atomic E-state index is 12.0. The van der Waals surface area contributed by atoms with Gasteiger partial charge in [0.25, 0.3) is 5.56 Å². The molecule has 0 radical (unpaired) electrons. The Hall–Kier alpha value is -0.750. The lowest BCUT2D eigenvalue weighted by molar-refractivity contribution is 0.215. The highest BCUT2D eigenvalue weighted by molar-refractivity contribution is 8.07. The Balaban J connectivity index is 3.11. The summed E-state index contributed by atoms with van der Waals surface area (Å²) in [5.41, 5.74) is -0.163. The van der Waals surface area contributed by atoms with Crippen LogP contribution < -0.4 is 10.1 Å². The molecule has 0 amide bonds. The molecular formula is C12H21N2O4PS. The molecule has 0 atom stereocenters. The summed E-state index contributed by atoms with van der Waals surface area (Å²) in [4.78, 5) is 16.3. The van der Waals surface area contributed by atoms with Crippen LogP contribution in [-0.4, -0.2) is 22.8 Å². The normalized spacial score (nSPS) is 11.6. The second-order valence-corrected chi connectivity index (χ2v) is 6.76. The lowest BCUT2D eigenvalue weighted by Crippen LogP contribution is -2.23. The Morgan fingerprint density at radius 2 is 1.85 bits per heavy atom. The van der Waals surface area contributed by atoms with Gasteiger partial charge in [-0.05, 0) is 20.8 Å². The van der Waals surface area contributed by atoms with Crippen molar-refractivity contribution in [2.75, 3.05) is 13.2 Å². The first-order valence-corrected chi connectivity index (χ1v) is 9.24. The van der Waals surface area contributed by atoms with Crippen LogP contribution in [0.5, 0.6) is 5.88 Å². The van der Waals surface area contributed by atoms with E-state index in [2.05, 4.69) is 4.98 Å². The quantitative estimate of drug-likeness (QED) is 0.686. The standard InChI is InChI=1S/C12H21N2O4PS/c1-5-10-13-11(9-12(15)14(10)6-2)18-19(20,16-7-3)17-8-4/h9H,5-8H2,1-4H3. The van der Waals surface area contributed by atoms with E-state index in [9.17, 15) is 4.79 Å². The Morgan fingerprint density at radius 1 is 1.25 bits per heavy atom. The molecule has 0 aliphatic carbocycles. The van der Waals surface area contributed by atoms with Gasteiger partial charge >= 0.3 is 6.72 Å². The molecule has 0 saturated heterocycles. The summed E-state index contributed by atoms with van der Waals surface area (Å²) in [6.45, 7) is 5.88. The summed E-state index contributed by atoms with van der Waals surface area (Å²) in [5.74, 6) is 0.825. The lowest BCUT2D eigenvalue weighted by Gasteiger charge is -2.21. The van der Waals surface area contributed by atoms with Gasteiger partial charge in [-0.2, -0.15) is 4.98 Å². The molecule has 1 aromatic heterocycles. The summed E-state index contributed by atoms with van der Waals surface area (Å²) in [6.07, 6.45) is 0.631. The highest BCUT2D eigenvalue weighted by Crippen LogP contribution is 2.49. The van der Waals surface area contributed by atoms with Crippen LogP contribution in [0, 0.1) is 0 Å². The van der Waals surface area contributed by atoms with Crippen LogP contribution in [-0.2, 0) is 33.8 Å². The Morgan fingerprint density at radius 3 is 2.30 bits per heavy atom. The molecule has 0 aliphatic heterocycles. The second-order valence-electron chi connectivity index (χ2n) is 3.82. The van der Waals surface area contributed by atoms with Crippen LogP contribution >= 0.6 is 6.72 Å². The monoisotopic (exact) mass is 320 g/mol. The van der Waals surface area contributed by atoms with Crippen molar-refractivity contribution in [3.05, 3.63) is 22.2 Å². The summed E-state index contributed by atoms with van der Waals surface area (Å²) in [5, 5.41) is 0. The molecule has 0 spiro atoms. The van der Waals surface area contributed by atoms with Gasteiger partial charge < -0.3 is 4.52 Å². The van der Waals surface area contributed by atoms with Gasteiger partial charge in [0.1, 0.15) is 5.82 Å². The maximum Gasteiger partial charge on any atom is 0.381 e. The van der Waals surface area contributed by atoms with Crippen molar-refractivity contribution in [1.82, 2.24) is 9.55 Å². The highest BCUT2D eigenvalue weighted by Gasteiger charge is 2.22. The first-order chi connectivity index (χ1) is 9.49. The predicted molar refractivity (Wildman–Crippen MR) is 81.7 cm³/mol. The summed E-state index contributed by atoms with van der Waals surface area (Å²) in [6, 6.07) is 1.32. The highest BCUT2D eigenvalue weighted by atomic mass is 32.5. The van der Waals surface area contributed by atoms with E-state index in [0.717, 1.165) is 0 Å². The van der Waals surface area contributed by atoms with Gasteiger partial charge in [0.15, 0.2) is 0 Å². The van der Waals surface area contributed by atoms with Crippen LogP contribution in [0.25, 0.3) is 0 Å². The van der Waals surface area contributed by atoms with E-state index >= 15 is 0 Å². The van der Waals surface area contributed by atoms with E-state index in [1.165, 1.54) is 6.07 Å². The number of aromatic nitrogens is 2. The van der Waals surface area contributed by atoms with E-state index < -0.39 is 6.72 Å². The summed E-state index contributed by atoms with van der Waals surface area (Å²) >= 11 is 5.26. The predicted octanol–water partition coefficient (Wildman–Crippen LogP) is 2.50. The van der Waals surface area contributed by atoms with Crippen molar-refractivity contribution in [3.8, 4) is 5.88 Å². The van der Waals surface area contributed by atoms with Crippen molar-refractivity contribution in [1.29, 1.82) is 0 Å². The minimum absolute atomic E-state index is 0.163. The van der Waals surface area contributed by atoms with Gasteiger partial charge in [0.2, 0.25) is 5.88 Å². The van der Waals surface area contributed by atoms with Crippen LogP contribution in [0.2, 0.25) is 0 Å². The zero-order chi connectivity index (χ0) is 15.2. The van der Waals surface area contributed by atoms with Crippen LogP contribution in [0.15, 0.2) is 10.9 Å². The molecule has 0 unspecified atom stereocenters. The fourth-order valence-electron chi connectivity index (χ4n) is 1.71. The number of hydrogen-bond acceptors (Lipinski definition) is 6. The fourth-order valence-corrected chi connectivity index (χ4v) is 3.70. The van der Waals surface area contributed by atoms with Gasteiger partial charge in [0, 0.05) is 24.8 Å².